The van der Waals surface area contributed by atoms with E-state index in [-0.39, 0.29) is 66.3 Å². The summed E-state index contributed by atoms with van der Waals surface area (Å²) in [6, 6.07) is 1.58. The predicted octanol–water partition coefficient (Wildman–Crippen LogP) is 0.382. The Balaban J connectivity index is 2.08. The molecule has 0 spiro atoms. The summed E-state index contributed by atoms with van der Waals surface area (Å²) in [7, 11) is -1.18. The Morgan fingerprint density at radius 3 is 2.28 bits per heavy atom. The van der Waals surface area contributed by atoms with E-state index < -0.39 is 22.0 Å². The van der Waals surface area contributed by atoms with Gasteiger partial charge in [-0.3, -0.25) is 9.59 Å². The first-order valence-electron chi connectivity index (χ1n) is 8.79. The molecule has 0 unspecified atom stereocenters. The van der Waals surface area contributed by atoms with Crippen molar-refractivity contribution in [2.45, 2.75) is 23.8 Å². The molecule has 1 aromatic rings. The van der Waals surface area contributed by atoms with Crippen LogP contribution in [0.4, 0.5) is 0 Å². The van der Waals surface area contributed by atoms with Crippen LogP contribution in [-0.2, 0) is 19.6 Å². The number of piperazine rings is 1. The first-order valence-corrected chi connectivity index (χ1v) is 10.6. The number of amides is 1. The van der Waals surface area contributed by atoms with Gasteiger partial charge >= 0.3 is 5.97 Å². The molecular formula is C17H24ClN3O7S. The standard InChI is InChI=1S/C17H24ClN3O7S/c1-27-13-10-15(14(28-2)9-11(13)18)29(25,26)21-7-5-20(6-8-21)16(22)4-3-12(19)17(23)24/h9-10,12H,3-8,19H2,1-2H3,(H,23,24)/t12-/m0/s1. The molecule has 2 rings (SSSR count). The summed E-state index contributed by atoms with van der Waals surface area (Å²) in [5.74, 6) is -1.13. The normalized spacial score (nSPS) is 16.3. The molecule has 10 nitrogen and oxygen atoms in total. The van der Waals surface area contributed by atoms with Gasteiger partial charge in [0.15, 0.2) is 0 Å². The van der Waals surface area contributed by atoms with Gasteiger partial charge in [0.2, 0.25) is 15.9 Å². The fraction of sp³-hybridized carbons (Fsp3) is 0.529. The van der Waals surface area contributed by atoms with E-state index in [1.165, 1.54) is 35.6 Å². The Labute approximate surface area is 174 Å². The number of carbonyl (C=O) groups is 2. The number of nitrogens with zero attached hydrogens (tertiary/aromatic N) is 2. The van der Waals surface area contributed by atoms with Crippen LogP contribution in [0, 0.1) is 0 Å². The van der Waals surface area contributed by atoms with Crippen LogP contribution in [0.25, 0.3) is 0 Å². The number of methoxy groups -OCH3 is 2. The van der Waals surface area contributed by atoms with Crippen LogP contribution < -0.4 is 15.2 Å². The Morgan fingerprint density at radius 1 is 1.17 bits per heavy atom. The number of ether oxygens (including phenoxy) is 2. The summed E-state index contributed by atoms with van der Waals surface area (Å²) < 4.78 is 37.7. The molecule has 1 aromatic carbocycles. The van der Waals surface area contributed by atoms with E-state index in [0.29, 0.717) is 0 Å². The number of hydrogen-bond donors (Lipinski definition) is 2. The van der Waals surface area contributed by atoms with Crippen molar-refractivity contribution in [2.24, 2.45) is 5.73 Å². The largest absolute Gasteiger partial charge is 0.495 e. The third kappa shape index (κ3) is 5.30. The molecule has 29 heavy (non-hydrogen) atoms. The van der Waals surface area contributed by atoms with Crippen molar-refractivity contribution in [3.05, 3.63) is 17.2 Å². The lowest BCUT2D eigenvalue weighted by atomic mass is 10.1. The van der Waals surface area contributed by atoms with Gasteiger partial charge in [0.1, 0.15) is 22.4 Å². The van der Waals surface area contributed by atoms with Gasteiger partial charge in [-0.15, -0.1) is 0 Å². The second kappa shape index (κ2) is 9.61. The highest BCUT2D eigenvalue weighted by Crippen LogP contribution is 2.36. The quantitative estimate of drug-likeness (QED) is 0.580. The Morgan fingerprint density at radius 2 is 1.76 bits per heavy atom. The molecule has 1 heterocycles. The van der Waals surface area contributed by atoms with Gasteiger partial charge in [-0.05, 0) is 6.42 Å². The first-order chi connectivity index (χ1) is 13.6. The number of benzene rings is 1. The molecule has 12 heteroatoms. The van der Waals surface area contributed by atoms with Crippen molar-refractivity contribution in [3.8, 4) is 11.5 Å². The molecule has 0 radical (unpaired) electrons. The van der Waals surface area contributed by atoms with Crippen LogP contribution in [0.2, 0.25) is 5.02 Å². The molecular weight excluding hydrogens is 426 g/mol. The smallest absolute Gasteiger partial charge is 0.320 e. The lowest BCUT2D eigenvalue weighted by Gasteiger charge is -2.34. The molecule has 162 valence electrons. The highest BCUT2D eigenvalue weighted by atomic mass is 35.5. The van der Waals surface area contributed by atoms with Crippen molar-refractivity contribution in [2.75, 3.05) is 40.4 Å². The number of halogens is 1. The number of aliphatic carboxylic acids is 1. The van der Waals surface area contributed by atoms with Gasteiger partial charge in [-0.25, -0.2) is 8.42 Å². The Bertz CT molecular complexity index is 870. The fourth-order valence-corrected chi connectivity index (χ4v) is 4.72. The maximum absolute atomic E-state index is 13.1. The molecule has 1 aliphatic heterocycles. The number of nitrogens with two attached hydrogens (primary N) is 1. The average molecular weight is 450 g/mol. The molecule has 0 aliphatic carbocycles. The predicted molar refractivity (Wildman–Crippen MR) is 105 cm³/mol. The van der Waals surface area contributed by atoms with Crippen LogP contribution in [0.3, 0.4) is 0 Å². The summed E-state index contributed by atoms with van der Waals surface area (Å²) in [6.45, 7) is 0.557. The molecule has 1 aliphatic rings. The topological polar surface area (TPSA) is 139 Å². The van der Waals surface area contributed by atoms with Crippen molar-refractivity contribution < 1.29 is 32.6 Å². The lowest BCUT2D eigenvalue weighted by Crippen LogP contribution is -2.50. The number of carbonyl (C=O) groups excluding carboxylic acids is 1. The second-order valence-corrected chi connectivity index (χ2v) is 8.72. The number of carboxylic acid groups (broad SMARTS) is 1. The van der Waals surface area contributed by atoms with E-state index in [1.807, 2.05) is 0 Å². The van der Waals surface area contributed by atoms with Gasteiger partial charge in [-0.2, -0.15) is 4.31 Å². The highest BCUT2D eigenvalue weighted by Gasteiger charge is 2.33. The maximum atomic E-state index is 13.1. The van der Waals surface area contributed by atoms with Crippen molar-refractivity contribution >= 4 is 33.5 Å². The van der Waals surface area contributed by atoms with Crippen molar-refractivity contribution in [1.29, 1.82) is 0 Å². The second-order valence-electron chi connectivity index (χ2n) is 6.41. The Hall–Kier alpha value is -2.08. The van der Waals surface area contributed by atoms with E-state index in [4.69, 9.17) is 31.9 Å². The van der Waals surface area contributed by atoms with E-state index >= 15 is 0 Å². The number of rotatable bonds is 8. The number of hydrogen-bond acceptors (Lipinski definition) is 7. The SMILES string of the molecule is COc1cc(S(=O)(=O)N2CCN(C(=O)CC[C@H](N)C(=O)O)CC2)c(OC)cc1Cl. The third-order valence-corrected chi connectivity index (χ3v) is 6.85. The summed E-state index contributed by atoms with van der Waals surface area (Å²) in [5.41, 5.74) is 5.41. The summed E-state index contributed by atoms with van der Waals surface area (Å²) in [5, 5.41) is 9.00. The third-order valence-electron chi connectivity index (χ3n) is 4.63. The van der Waals surface area contributed by atoms with Gasteiger partial charge in [0.25, 0.3) is 0 Å². The average Bonchev–Trinajstić information content (AvgIpc) is 2.71. The van der Waals surface area contributed by atoms with Crippen LogP contribution in [0.15, 0.2) is 17.0 Å². The zero-order valence-corrected chi connectivity index (χ0v) is 17.7. The monoisotopic (exact) mass is 449 g/mol. The first kappa shape index (κ1) is 23.2. The fourth-order valence-electron chi connectivity index (χ4n) is 2.91. The molecule has 1 amide bonds. The van der Waals surface area contributed by atoms with Crippen LogP contribution in [-0.4, -0.2) is 81.0 Å². The van der Waals surface area contributed by atoms with Crippen molar-refractivity contribution in [1.82, 2.24) is 9.21 Å². The molecule has 0 bridgehead atoms. The molecule has 0 saturated carbocycles. The van der Waals surface area contributed by atoms with E-state index in [1.54, 1.807) is 0 Å². The number of carboxylic acids is 1. The van der Waals surface area contributed by atoms with Gasteiger partial charge in [-0.1, -0.05) is 11.6 Å². The van der Waals surface area contributed by atoms with Crippen LogP contribution in [0.5, 0.6) is 11.5 Å². The zero-order valence-electron chi connectivity index (χ0n) is 16.1. The Kier molecular flexibility index (Phi) is 7.69. The van der Waals surface area contributed by atoms with Gasteiger partial charge < -0.3 is 25.2 Å². The van der Waals surface area contributed by atoms with Crippen molar-refractivity contribution in [3.63, 3.8) is 0 Å². The molecule has 0 aromatic heterocycles. The van der Waals surface area contributed by atoms with Gasteiger partial charge in [0.05, 0.1) is 19.2 Å². The highest BCUT2D eigenvalue weighted by molar-refractivity contribution is 7.89. The molecule has 1 fully saturated rings. The summed E-state index contributed by atoms with van der Waals surface area (Å²) in [4.78, 5) is 24.4. The van der Waals surface area contributed by atoms with E-state index in [9.17, 15) is 18.0 Å². The maximum Gasteiger partial charge on any atom is 0.320 e. The van der Waals surface area contributed by atoms with E-state index in [2.05, 4.69) is 0 Å². The lowest BCUT2D eigenvalue weighted by molar-refractivity contribution is -0.139. The number of sulfonamides is 1. The zero-order chi connectivity index (χ0) is 21.8. The minimum atomic E-state index is -3.91. The molecule has 3 N–H and O–H groups in total. The summed E-state index contributed by atoms with van der Waals surface area (Å²) >= 11 is 6.04. The van der Waals surface area contributed by atoms with Crippen LogP contribution in [0.1, 0.15) is 12.8 Å². The van der Waals surface area contributed by atoms with Crippen LogP contribution >= 0.6 is 11.6 Å². The minimum absolute atomic E-state index is 0.0115. The van der Waals surface area contributed by atoms with E-state index in [0.717, 1.165) is 0 Å². The van der Waals surface area contributed by atoms with Gasteiger partial charge in [0, 0.05) is 44.7 Å². The minimum Gasteiger partial charge on any atom is -0.495 e. The molecule has 1 saturated heterocycles. The molecule has 1 atom stereocenters. The summed E-state index contributed by atoms with van der Waals surface area (Å²) in [6.07, 6.45) is 0.0108.